The van der Waals surface area contributed by atoms with Crippen LogP contribution in [0.5, 0.6) is 5.75 Å². The van der Waals surface area contributed by atoms with Gasteiger partial charge in [0, 0.05) is 18.2 Å². The first-order valence-corrected chi connectivity index (χ1v) is 8.24. The maximum Gasteiger partial charge on any atom is 0.137 e. The van der Waals surface area contributed by atoms with E-state index in [2.05, 4.69) is 11.1 Å². The molecule has 1 aliphatic heterocycles. The Labute approximate surface area is 145 Å². The van der Waals surface area contributed by atoms with E-state index in [0.717, 1.165) is 27.8 Å². The molecule has 6 nitrogen and oxygen atoms in total. The molecule has 0 radical (unpaired) electrons. The summed E-state index contributed by atoms with van der Waals surface area (Å²) >= 11 is 0. The van der Waals surface area contributed by atoms with Crippen LogP contribution >= 0.6 is 0 Å². The number of methoxy groups -OCH3 is 1. The summed E-state index contributed by atoms with van der Waals surface area (Å²) < 4.78 is 12.8. The number of imidazole rings is 1. The highest BCUT2D eigenvalue weighted by Gasteiger charge is 2.34. The van der Waals surface area contributed by atoms with Crippen molar-refractivity contribution >= 4 is 10.8 Å². The Morgan fingerprint density at radius 1 is 1.24 bits per heavy atom. The van der Waals surface area contributed by atoms with Gasteiger partial charge in [-0.15, -0.1) is 0 Å². The van der Waals surface area contributed by atoms with Crippen LogP contribution in [-0.2, 0) is 4.74 Å². The largest absolute Gasteiger partial charge is 0.497 e. The molecule has 2 heterocycles. The maximum absolute atomic E-state index is 9.88. The average molecular weight is 340 g/mol. The van der Waals surface area contributed by atoms with Crippen LogP contribution in [0.4, 0.5) is 0 Å². The standard InChI is InChI=1S/C19H20N2O4/c1-24-15-5-4-12-6-14(3-2-13(12)7-15)16-9-21(11-20-16)19-8-17(23)18(10-22)25-19/h2-7,9,11,17-19,22-23H,8,10H2,1H3/t17-,18+,19+/m0/s1. The Kier molecular flexibility index (Phi) is 4.17. The maximum atomic E-state index is 9.88. The zero-order valence-electron chi connectivity index (χ0n) is 13.9. The summed E-state index contributed by atoms with van der Waals surface area (Å²) in [5.74, 6) is 0.833. The van der Waals surface area contributed by atoms with E-state index in [9.17, 15) is 10.2 Å². The summed E-state index contributed by atoms with van der Waals surface area (Å²) in [7, 11) is 1.66. The van der Waals surface area contributed by atoms with E-state index in [0.29, 0.717) is 6.42 Å². The first kappa shape index (κ1) is 16.1. The molecule has 2 aromatic carbocycles. The number of hydrogen-bond acceptors (Lipinski definition) is 5. The second-order valence-corrected chi connectivity index (χ2v) is 6.25. The van der Waals surface area contributed by atoms with Gasteiger partial charge in [-0.1, -0.05) is 18.2 Å². The SMILES string of the molecule is COc1ccc2cc(-c3cn([C@H]4C[C@H](O)[C@@H](CO)O4)cn3)ccc2c1. The van der Waals surface area contributed by atoms with E-state index < -0.39 is 12.2 Å². The molecule has 25 heavy (non-hydrogen) atoms. The number of aliphatic hydroxyl groups excluding tert-OH is 2. The van der Waals surface area contributed by atoms with Crippen LogP contribution in [0.25, 0.3) is 22.0 Å². The summed E-state index contributed by atoms with van der Waals surface area (Å²) in [5.41, 5.74) is 1.84. The average Bonchev–Trinajstić information content (AvgIpc) is 3.27. The van der Waals surface area contributed by atoms with Crippen LogP contribution in [0.3, 0.4) is 0 Å². The Bertz CT molecular complexity index is 892. The van der Waals surface area contributed by atoms with Gasteiger partial charge in [0.2, 0.25) is 0 Å². The van der Waals surface area contributed by atoms with E-state index in [1.807, 2.05) is 41.1 Å². The fraction of sp³-hybridized carbons (Fsp3) is 0.316. The second kappa shape index (κ2) is 6.48. The van der Waals surface area contributed by atoms with Crippen molar-refractivity contribution in [2.24, 2.45) is 0 Å². The number of hydrogen-bond donors (Lipinski definition) is 2. The molecule has 0 bridgehead atoms. The quantitative estimate of drug-likeness (QED) is 0.762. The number of benzene rings is 2. The predicted molar refractivity (Wildman–Crippen MR) is 93.3 cm³/mol. The molecule has 130 valence electrons. The Morgan fingerprint density at radius 2 is 2.04 bits per heavy atom. The van der Waals surface area contributed by atoms with Crippen LogP contribution in [0.1, 0.15) is 12.6 Å². The summed E-state index contributed by atoms with van der Waals surface area (Å²) in [5, 5.41) is 21.3. The molecular weight excluding hydrogens is 320 g/mol. The van der Waals surface area contributed by atoms with Gasteiger partial charge < -0.3 is 24.3 Å². The van der Waals surface area contributed by atoms with Gasteiger partial charge in [-0.3, -0.25) is 0 Å². The van der Waals surface area contributed by atoms with Gasteiger partial charge in [0.05, 0.1) is 31.8 Å². The van der Waals surface area contributed by atoms with E-state index in [4.69, 9.17) is 9.47 Å². The zero-order valence-corrected chi connectivity index (χ0v) is 13.9. The van der Waals surface area contributed by atoms with Crippen molar-refractivity contribution in [2.75, 3.05) is 13.7 Å². The smallest absolute Gasteiger partial charge is 0.137 e. The number of ether oxygens (including phenoxy) is 2. The van der Waals surface area contributed by atoms with Gasteiger partial charge in [-0.05, 0) is 29.0 Å². The summed E-state index contributed by atoms with van der Waals surface area (Å²) in [6, 6.07) is 12.1. The molecule has 3 aromatic rings. The molecule has 3 atom stereocenters. The summed E-state index contributed by atoms with van der Waals surface area (Å²) in [6.07, 6.45) is 2.55. The summed E-state index contributed by atoms with van der Waals surface area (Å²) in [6.45, 7) is -0.187. The fourth-order valence-electron chi connectivity index (χ4n) is 3.22. The van der Waals surface area contributed by atoms with E-state index in [1.54, 1.807) is 13.4 Å². The molecular formula is C19H20N2O4. The van der Waals surface area contributed by atoms with Crippen molar-refractivity contribution in [3.63, 3.8) is 0 Å². The van der Waals surface area contributed by atoms with Crippen LogP contribution in [0.15, 0.2) is 48.9 Å². The first-order chi connectivity index (χ1) is 12.2. The van der Waals surface area contributed by atoms with Crippen LogP contribution in [0.2, 0.25) is 0 Å². The van der Waals surface area contributed by atoms with Crippen LogP contribution in [0, 0.1) is 0 Å². The highest BCUT2D eigenvalue weighted by molar-refractivity contribution is 5.87. The van der Waals surface area contributed by atoms with Gasteiger partial charge in [0.1, 0.15) is 18.1 Å². The number of rotatable bonds is 4. The molecule has 1 saturated heterocycles. The summed E-state index contributed by atoms with van der Waals surface area (Å²) in [4.78, 5) is 4.46. The van der Waals surface area contributed by atoms with Crippen molar-refractivity contribution in [1.82, 2.24) is 9.55 Å². The van der Waals surface area contributed by atoms with Gasteiger partial charge in [-0.2, -0.15) is 0 Å². The highest BCUT2D eigenvalue weighted by Crippen LogP contribution is 2.31. The lowest BCUT2D eigenvalue weighted by Gasteiger charge is -2.12. The third-order valence-corrected chi connectivity index (χ3v) is 4.66. The third-order valence-electron chi connectivity index (χ3n) is 4.66. The second-order valence-electron chi connectivity index (χ2n) is 6.25. The number of aliphatic hydroxyl groups is 2. The fourth-order valence-corrected chi connectivity index (χ4v) is 3.22. The van der Waals surface area contributed by atoms with Crippen LogP contribution < -0.4 is 4.74 Å². The minimum atomic E-state index is -0.656. The van der Waals surface area contributed by atoms with E-state index in [1.165, 1.54) is 0 Å². The highest BCUT2D eigenvalue weighted by atomic mass is 16.5. The molecule has 2 N–H and O–H groups in total. The lowest BCUT2D eigenvalue weighted by molar-refractivity contribution is -0.0443. The molecule has 1 fully saturated rings. The Morgan fingerprint density at radius 3 is 2.80 bits per heavy atom. The molecule has 4 rings (SSSR count). The van der Waals surface area contributed by atoms with Gasteiger partial charge in [0.15, 0.2) is 0 Å². The monoisotopic (exact) mass is 340 g/mol. The van der Waals surface area contributed by atoms with Crippen molar-refractivity contribution in [3.8, 4) is 17.0 Å². The van der Waals surface area contributed by atoms with E-state index >= 15 is 0 Å². The number of aromatic nitrogens is 2. The van der Waals surface area contributed by atoms with Crippen molar-refractivity contribution in [1.29, 1.82) is 0 Å². The van der Waals surface area contributed by atoms with E-state index in [-0.39, 0.29) is 12.8 Å². The molecule has 0 spiro atoms. The van der Waals surface area contributed by atoms with Crippen LogP contribution in [-0.4, -0.2) is 45.7 Å². The Hall–Kier alpha value is -2.41. The molecule has 0 aliphatic carbocycles. The molecule has 6 heteroatoms. The van der Waals surface area contributed by atoms with Gasteiger partial charge in [0.25, 0.3) is 0 Å². The first-order valence-electron chi connectivity index (χ1n) is 8.24. The molecule has 0 unspecified atom stereocenters. The van der Waals surface area contributed by atoms with Gasteiger partial charge >= 0.3 is 0 Å². The normalized spacial score (nSPS) is 23.2. The molecule has 0 saturated carbocycles. The molecule has 0 amide bonds. The topological polar surface area (TPSA) is 76.7 Å². The lowest BCUT2D eigenvalue weighted by Crippen LogP contribution is -2.24. The minimum Gasteiger partial charge on any atom is -0.497 e. The molecule has 1 aromatic heterocycles. The predicted octanol–water partition coefficient (Wildman–Crippen LogP) is 2.35. The minimum absolute atomic E-state index is 0.187. The van der Waals surface area contributed by atoms with Crippen molar-refractivity contribution in [2.45, 2.75) is 24.9 Å². The Balaban J connectivity index is 1.60. The number of nitrogens with zero attached hydrogens (tertiary/aromatic N) is 2. The number of fused-ring (bicyclic) bond motifs is 1. The lowest BCUT2D eigenvalue weighted by atomic mass is 10.1. The van der Waals surface area contributed by atoms with Crippen molar-refractivity contribution < 1.29 is 19.7 Å². The van der Waals surface area contributed by atoms with Gasteiger partial charge in [-0.25, -0.2) is 4.98 Å². The zero-order chi connectivity index (χ0) is 17.4. The van der Waals surface area contributed by atoms with Crippen molar-refractivity contribution in [3.05, 3.63) is 48.9 Å². The molecule has 1 aliphatic rings. The third kappa shape index (κ3) is 3.00.